The number of hydrogen-bond donors (Lipinski definition) is 2. The highest BCUT2D eigenvalue weighted by Crippen LogP contribution is 2.25. The smallest absolute Gasteiger partial charge is 0.251 e. The lowest BCUT2D eigenvalue weighted by atomic mass is 10.1. The predicted octanol–water partition coefficient (Wildman–Crippen LogP) is 2.29. The van der Waals surface area contributed by atoms with E-state index in [-0.39, 0.29) is 5.91 Å². The molecule has 4 nitrogen and oxygen atoms in total. The lowest BCUT2D eigenvalue weighted by molar-refractivity contribution is 0.0904. The maximum Gasteiger partial charge on any atom is 0.251 e. The zero-order valence-electron chi connectivity index (χ0n) is 10.3. The van der Waals surface area contributed by atoms with Crippen LogP contribution in [0, 0.1) is 0 Å². The molecule has 1 aliphatic rings. The molecule has 0 unspecified atom stereocenters. The second kappa shape index (κ2) is 6.07. The van der Waals surface area contributed by atoms with Crippen LogP contribution in [0.15, 0.2) is 18.2 Å². The van der Waals surface area contributed by atoms with Gasteiger partial charge in [-0.25, -0.2) is 0 Å². The maximum atomic E-state index is 11.6. The van der Waals surface area contributed by atoms with Crippen molar-refractivity contribution in [3.05, 3.63) is 28.8 Å². The second-order valence-corrected chi connectivity index (χ2v) is 4.71. The van der Waals surface area contributed by atoms with Crippen molar-refractivity contribution in [3.8, 4) is 0 Å². The first kappa shape index (κ1) is 13.2. The Hall–Kier alpha value is -1.26. The summed E-state index contributed by atoms with van der Waals surface area (Å²) in [6.45, 7) is 1.54. The van der Waals surface area contributed by atoms with Gasteiger partial charge in [-0.1, -0.05) is 11.6 Å². The van der Waals surface area contributed by atoms with Gasteiger partial charge >= 0.3 is 0 Å². The van der Waals surface area contributed by atoms with Crippen LogP contribution in [0.5, 0.6) is 0 Å². The summed E-state index contributed by atoms with van der Waals surface area (Å²) in [6.07, 6.45) is 1.92. The fraction of sp³-hybridized carbons (Fsp3) is 0.462. The number of rotatable bonds is 3. The van der Waals surface area contributed by atoms with E-state index in [2.05, 4.69) is 10.6 Å². The summed E-state index contributed by atoms with van der Waals surface area (Å²) in [5.41, 5.74) is 1.42. The molecule has 0 aliphatic carbocycles. The van der Waals surface area contributed by atoms with Gasteiger partial charge in [-0.2, -0.15) is 0 Å². The molecular weight excluding hydrogens is 252 g/mol. The van der Waals surface area contributed by atoms with Crippen LogP contribution >= 0.6 is 11.6 Å². The Morgan fingerprint density at radius 2 is 2.11 bits per heavy atom. The quantitative estimate of drug-likeness (QED) is 0.884. The summed E-state index contributed by atoms with van der Waals surface area (Å²) in [7, 11) is 1.61. The minimum atomic E-state index is -0.110. The molecule has 18 heavy (non-hydrogen) atoms. The summed E-state index contributed by atoms with van der Waals surface area (Å²) < 4.78 is 5.31. The molecule has 1 aromatic rings. The lowest BCUT2D eigenvalue weighted by Crippen LogP contribution is -2.28. The summed E-state index contributed by atoms with van der Waals surface area (Å²) >= 11 is 6.14. The summed E-state index contributed by atoms with van der Waals surface area (Å²) in [4.78, 5) is 11.6. The van der Waals surface area contributed by atoms with Gasteiger partial charge in [0, 0.05) is 31.9 Å². The molecule has 1 aliphatic heterocycles. The van der Waals surface area contributed by atoms with E-state index in [1.165, 1.54) is 0 Å². The van der Waals surface area contributed by atoms with E-state index in [4.69, 9.17) is 16.3 Å². The molecule has 5 heteroatoms. The maximum absolute atomic E-state index is 11.6. The van der Waals surface area contributed by atoms with Gasteiger partial charge < -0.3 is 15.4 Å². The van der Waals surface area contributed by atoms with Crippen LogP contribution in [0.4, 0.5) is 5.69 Å². The number of anilines is 1. The van der Waals surface area contributed by atoms with Crippen LogP contribution in [0.1, 0.15) is 23.2 Å². The Kier molecular flexibility index (Phi) is 4.44. The molecule has 2 rings (SSSR count). The van der Waals surface area contributed by atoms with Crippen LogP contribution in [0.25, 0.3) is 0 Å². The average molecular weight is 269 g/mol. The number of amides is 1. The molecule has 0 radical (unpaired) electrons. The van der Waals surface area contributed by atoms with Gasteiger partial charge in [-0.05, 0) is 31.0 Å². The third-order valence-electron chi connectivity index (χ3n) is 3.04. The third kappa shape index (κ3) is 3.15. The van der Waals surface area contributed by atoms with Gasteiger partial charge in [-0.15, -0.1) is 0 Å². The molecule has 1 fully saturated rings. The Morgan fingerprint density at radius 1 is 1.39 bits per heavy atom. The normalized spacial score (nSPS) is 16.3. The van der Waals surface area contributed by atoms with Crippen molar-refractivity contribution in [2.75, 3.05) is 25.6 Å². The molecule has 0 spiro atoms. The molecule has 1 heterocycles. The van der Waals surface area contributed by atoms with Gasteiger partial charge in [0.2, 0.25) is 0 Å². The van der Waals surface area contributed by atoms with E-state index in [0.717, 1.165) is 31.7 Å². The van der Waals surface area contributed by atoms with Gasteiger partial charge in [0.25, 0.3) is 5.91 Å². The van der Waals surface area contributed by atoms with Crippen LogP contribution < -0.4 is 10.6 Å². The highest BCUT2D eigenvalue weighted by Gasteiger charge is 2.15. The van der Waals surface area contributed by atoms with Crippen molar-refractivity contribution in [1.29, 1.82) is 0 Å². The Bertz CT molecular complexity index is 431. The number of benzene rings is 1. The first-order valence-corrected chi connectivity index (χ1v) is 6.44. The minimum Gasteiger partial charge on any atom is -0.381 e. The molecule has 2 N–H and O–H groups in total. The van der Waals surface area contributed by atoms with Crippen molar-refractivity contribution in [3.63, 3.8) is 0 Å². The van der Waals surface area contributed by atoms with E-state index in [1.54, 1.807) is 25.2 Å². The van der Waals surface area contributed by atoms with E-state index in [0.29, 0.717) is 16.6 Å². The van der Waals surface area contributed by atoms with Crippen LogP contribution in [0.3, 0.4) is 0 Å². The van der Waals surface area contributed by atoms with Crippen molar-refractivity contribution >= 4 is 23.2 Å². The number of ether oxygens (including phenoxy) is 1. The van der Waals surface area contributed by atoms with Gasteiger partial charge in [-0.3, -0.25) is 4.79 Å². The standard InChI is InChI=1S/C13H17ClN2O2/c1-15-13(17)9-2-3-11(14)12(8-9)16-10-4-6-18-7-5-10/h2-3,8,10,16H,4-7H2,1H3,(H,15,17). The number of carbonyl (C=O) groups is 1. The molecule has 0 bridgehead atoms. The van der Waals surface area contributed by atoms with Gasteiger partial charge in [0.15, 0.2) is 0 Å². The van der Waals surface area contributed by atoms with Crippen LogP contribution in [-0.2, 0) is 4.74 Å². The average Bonchev–Trinajstić information content (AvgIpc) is 2.41. The largest absolute Gasteiger partial charge is 0.381 e. The molecule has 98 valence electrons. The third-order valence-corrected chi connectivity index (χ3v) is 3.37. The Morgan fingerprint density at radius 3 is 2.78 bits per heavy atom. The molecular formula is C13H17ClN2O2. The van der Waals surface area contributed by atoms with Gasteiger partial charge in [0.1, 0.15) is 0 Å². The fourth-order valence-electron chi connectivity index (χ4n) is 1.98. The number of nitrogens with one attached hydrogen (secondary N) is 2. The Balaban J connectivity index is 2.12. The second-order valence-electron chi connectivity index (χ2n) is 4.30. The highest BCUT2D eigenvalue weighted by molar-refractivity contribution is 6.33. The Labute approximate surface area is 112 Å². The van der Waals surface area contributed by atoms with E-state index in [1.807, 2.05) is 0 Å². The number of halogens is 1. The molecule has 0 saturated carbocycles. The zero-order chi connectivity index (χ0) is 13.0. The molecule has 1 aromatic carbocycles. The van der Waals surface area contributed by atoms with E-state index in [9.17, 15) is 4.79 Å². The topological polar surface area (TPSA) is 50.4 Å². The summed E-state index contributed by atoms with van der Waals surface area (Å²) in [6, 6.07) is 5.61. The van der Waals surface area contributed by atoms with E-state index < -0.39 is 0 Å². The minimum absolute atomic E-state index is 0.110. The number of hydrogen-bond acceptors (Lipinski definition) is 3. The monoisotopic (exact) mass is 268 g/mol. The molecule has 0 aromatic heterocycles. The highest BCUT2D eigenvalue weighted by atomic mass is 35.5. The first-order chi connectivity index (χ1) is 8.70. The van der Waals surface area contributed by atoms with E-state index >= 15 is 0 Å². The fourth-order valence-corrected chi connectivity index (χ4v) is 2.16. The lowest BCUT2D eigenvalue weighted by Gasteiger charge is -2.24. The van der Waals surface area contributed by atoms with Crippen molar-refractivity contribution in [2.45, 2.75) is 18.9 Å². The van der Waals surface area contributed by atoms with Crippen LogP contribution in [-0.4, -0.2) is 32.2 Å². The molecule has 1 amide bonds. The van der Waals surface area contributed by atoms with Crippen molar-refractivity contribution < 1.29 is 9.53 Å². The van der Waals surface area contributed by atoms with Crippen molar-refractivity contribution in [1.82, 2.24) is 5.32 Å². The number of carbonyl (C=O) groups excluding carboxylic acids is 1. The summed E-state index contributed by atoms with van der Waals surface area (Å²) in [5, 5.41) is 6.61. The zero-order valence-corrected chi connectivity index (χ0v) is 11.1. The van der Waals surface area contributed by atoms with Crippen LogP contribution in [0.2, 0.25) is 5.02 Å². The van der Waals surface area contributed by atoms with Gasteiger partial charge in [0.05, 0.1) is 10.7 Å². The first-order valence-electron chi connectivity index (χ1n) is 6.06. The molecule has 1 saturated heterocycles. The predicted molar refractivity (Wildman–Crippen MR) is 72.3 cm³/mol. The SMILES string of the molecule is CNC(=O)c1ccc(Cl)c(NC2CCOCC2)c1. The van der Waals surface area contributed by atoms with Crippen molar-refractivity contribution in [2.24, 2.45) is 0 Å². The summed E-state index contributed by atoms with van der Waals surface area (Å²) in [5.74, 6) is -0.110. The molecule has 0 atom stereocenters.